The molecule has 0 aromatic rings. The van der Waals surface area contributed by atoms with Crippen LogP contribution in [0.25, 0.3) is 0 Å². The van der Waals surface area contributed by atoms with Gasteiger partial charge in [-0.05, 0) is 32.4 Å². The predicted octanol–water partition coefficient (Wildman–Crippen LogP) is 0.0992. The van der Waals surface area contributed by atoms with E-state index in [0.29, 0.717) is 0 Å². The highest BCUT2D eigenvalue weighted by Gasteiger charge is 2.21. The number of nitrogens with two attached hydrogens (primary N) is 1. The molecule has 1 unspecified atom stereocenters. The van der Waals surface area contributed by atoms with Crippen molar-refractivity contribution in [3.63, 3.8) is 0 Å². The number of likely N-dealkylation sites (tertiary alicyclic amines) is 1. The average Bonchev–Trinajstić information content (AvgIpc) is 2.65. The molecule has 0 aromatic carbocycles. The minimum Gasteiger partial charge on any atom is -0.345 e. The molecule has 0 bridgehead atoms. The number of rotatable bonds is 4. The molecule has 1 saturated heterocycles. The van der Waals surface area contributed by atoms with Crippen LogP contribution in [0.5, 0.6) is 0 Å². The molecule has 94 valence electrons. The van der Waals surface area contributed by atoms with Crippen molar-refractivity contribution in [3.05, 3.63) is 0 Å². The molecule has 1 heterocycles. The maximum atomic E-state index is 5.48. The van der Waals surface area contributed by atoms with Gasteiger partial charge in [0.1, 0.15) is 0 Å². The van der Waals surface area contributed by atoms with E-state index in [1.54, 1.807) is 0 Å². The second kappa shape index (κ2) is 6.70. The molecule has 1 aliphatic heterocycles. The van der Waals surface area contributed by atoms with E-state index in [9.17, 15) is 0 Å². The summed E-state index contributed by atoms with van der Waals surface area (Å²) in [5, 5.41) is 0. The SMILES string of the molecule is CCCN=C(NN)N(C)CC1CCN(C)C1. The number of aliphatic imine (C=N–C) groups is 1. The highest BCUT2D eigenvalue weighted by molar-refractivity contribution is 5.79. The first-order chi connectivity index (χ1) is 7.67. The zero-order valence-electron chi connectivity index (χ0n) is 10.7. The average molecular weight is 227 g/mol. The molecule has 5 nitrogen and oxygen atoms in total. The zero-order valence-corrected chi connectivity index (χ0v) is 10.7. The highest BCUT2D eigenvalue weighted by Crippen LogP contribution is 2.14. The van der Waals surface area contributed by atoms with Crippen LogP contribution in [0.15, 0.2) is 4.99 Å². The third kappa shape index (κ3) is 3.98. The second-order valence-electron chi connectivity index (χ2n) is 4.65. The van der Waals surface area contributed by atoms with Crippen LogP contribution in [0.2, 0.25) is 0 Å². The molecule has 1 aliphatic rings. The van der Waals surface area contributed by atoms with E-state index < -0.39 is 0 Å². The lowest BCUT2D eigenvalue weighted by Crippen LogP contribution is -2.45. The van der Waals surface area contributed by atoms with Crippen LogP contribution in [0, 0.1) is 5.92 Å². The molecule has 1 rings (SSSR count). The largest absolute Gasteiger partial charge is 0.345 e. The summed E-state index contributed by atoms with van der Waals surface area (Å²) in [4.78, 5) is 8.91. The fraction of sp³-hybridized carbons (Fsp3) is 0.909. The topological polar surface area (TPSA) is 56.9 Å². The smallest absolute Gasteiger partial charge is 0.208 e. The van der Waals surface area contributed by atoms with Gasteiger partial charge >= 0.3 is 0 Å². The third-order valence-electron chi connectivity index (χ3n) is 3.00. The standard InChI is InChI=1S/C11H25N5/c1-4-6-13-11(14-12)16(3)9-10-5-7-15(2)8-10/h10H,4-9,12H2,1-3H3,(H,13,14). The number of hydrogen-bond acceptors (Lipinski definition) is 3. The van der Waals surface area contributed by atoms with Gasteiger partial charge in [-0.25, -0.2) is 5.84 Å². The number of nitrogens with one attached hydrogen (secondary N) is 1. The van der Waals surface area contributed by atoms with Crippen molar-refractivity contribution in [2.24, 2.45) is 16.8 Å². The molecular weight excluding hydrogens is 202 g/mol. The summed E-state index contributed by atoms with van der Waals surface area (Å²) in [6.07, 6.45) is 2.32. The molecule has 0 amide bonds. The van der Waals surface area contributed by atoms with Crippen molar-refractivity contribution in [1.29, 1.82) is 0 Å². The van der Waals surface area contributed by atoms with Crippen molar-refractivity contribution < 1.29 is 0 Å². The number of hydrazine groups is 1. The Morgan fingerprint density at radius 2 is 2.38 bits per heavy atom. The first-order valence-electron chi connectivity index (χ1n) is 6.08. The maximum absolute atomic E-state index is 5.48. The molecule has 5 heteroatoms. The van der Waals surface area contributed by atoms with Crippen LogP contribution in [0.3, 0.4) is 0 Å². The molecule has 0 aliphatic carbocycles. The molecule has 0 spiro atoms. The number of hydrogen-bond donors (Lipinski definition) is 2. The van der Waals surface area contributed by atoms with Crippen LogP contribution in [0.4, 0.5) is 0 Å². The monoisotopic (exact) mass is 227 g/mol. The van der Waals surface area contributed by atoms with Gasteiger partial charge in [0, 0.05) is 26.7 Å². The summed E-state index contributed by atoms with van der Waals surface area (Å²) in [5.41, 5.74) is 2.68. The van der Waals surface area contributed by atoms with Crippen LogP contribution < -0.4 is 11.3 Å². The first kappa shape index (κ1) is 13.3. The van der Waals surface area contributed by atoms with Crippen molar-refractivity contribution in [2.45, 2.75) is 19.8 Å². The van der Waals surface area contributed by atoms with Gasteiger partial charge in [0.2, 0.25) is 5.96 Å². The van der Waals surface area contributed by atoms with Crippen LogP contribution in [0.1, 0.15) is 19.8 Å². The van der Waals surface area contributed by atoms with Crippen LogP contribution in [-0.4, -0.2) is 56.0 Å². The summed E-state index contributed by atoms with van der Waals surface area (Å²) >= 11 is 0. The zero-order chi connectivity index (χ0) is 12.0. The van der Waals surface area contributed by atoms with E-state index in [1.807, 2.05) is 7.05 Å². The lowest BCUT2D eigenvalue weighted by atomic mass is 10.1. The summed E-state index contributed by atoms with van der Waals surface area (Å²) in [7, 11) is 4.22. The Morgan fingerprint density at radius 1 is 1.62 bits per heavy atom. The molecule has 1 atom stereocenters. The highest BCUT2D eigenvalue weighted by atomic mass is 15.4. The van der Waals surface area contributed by atoms with Gasteiger partial charge in [0.15, 0.2) is 0 Å². The first-order valence-corrected chi connectivity index (χ1v) is 6.08. The normalized spacial score (nSPS) is 22.5. The van der Waals surface area contributed by atoms with Crippen LogP contribution in [-0.2, 0) is 0 Å². The molecule has 0 saturated carbocycles. The Balaban J connectivity index is 2.39. The molecule has 3 N–H and O–H groups in total. The van der Waals surface area contributed by atoms with Gasteiger partial charge < -0.3 is 9.80 Å². The fourth-order valence-corrected chi connectivity index (χ4v) is 2.14. The Morgan fingerprint density at radius 3 is 2.88 bits per heavy atom. The van der Waals surface area contributed by atoms with Gasteiger partial charge in [-0.2, -0.15) is 0 Å². The van der Waals surface area contributed by atoms with Gasteiger partial charge in [0.05, 0.1) is 0 Å². The summed E-state index contributed by atoms with van der Waals surface area (Å²) < 4.78 is 0. The molecule has 1 fully saturated rings. The van der Waals surface area contributed by atoms with E-state index in [0.717, 1.165) is 31.4 Å². The minimum absolute atomic E-state index is 0.732. The molecule has 0 radical (unpaired) electrons. The van der Waals surface area contributed by atoms with Gasteiger partial charge in [-0.1, -0.05) is 6.92 Å². The van der Waals surface area contributed by atoms with Crippen molar-refractivity contribution >= 4 is 5.96 Å². The predicted molar refractivity (Wildman–Crippen MR) is 68.2 cm³/mol. The molecule has 0 aromatic heterocycles. The van der Waals surface area contributed by atoms with E-state index in [1.165, 1.54) is 19.5 Å². The van der Waals surface area contributed by atoms with Gasteiger partial charge in [0.25, 0.3) is 0 Å². The Kier molecular flexibility index (Phi) is 5.55. The number of nitrogens with zero attached hydrogens (tertiary/aromatic N) is 3. The lowest BCUT2D eigenvalue weighted by molar-refractivity contribution is 0.350. The molecule has 16 heavy (non-hydrogen) atoms. The van der Waals surface area contributed by atoms with Gasteiger partial charge in [-0.3, -0.25) is 10.4 Å². The number of guanidine groups is 1. The lowest BCUT2D eigenvalue weighted by Gasteiger charge is -2.23. The third-order valence-corrected chi connectivity index (χ3v) is 3.00. The Bertz CT molecular complexity index is 228. The quantitative estimate of drug-likeness (QED) is 0.309. The van der Waals surface area contributed by atoms with E-state index in [-0.39, 0.29) is 0 Å². The van der Waals surface area contributed by atoms with Crippen molar-refractivity contribution in [2.75, 3.05) is 40.3 Å². The Labute approximate surface area is 98.7 Å². The van der Waals surface area contributed by atoms with E-state index in [4.69, 9.17) is 5.84 Å². The van der Waals surface area contributed by atoms with E-state index >= 15 is 0 Å². The summed E-state index contributed by atoms with van der Waals surface area (Å²) in [6, 6.07) is 0. The Hall–Kier alpha value is -0.810. The summed E-state index contributed by atoms with van der Waals surface area (Å²) in [5.74, 6) is 7.02. The molecular formula is C11H25N5. The second-order valence-corrected chi connectivity index (χ2v) is 4.65. The van der Waals surface area contributed by atoms with Crippen molar-refractivity contribution in [3.8, 4) is 0 Å². The fourth-order valence-electron chi connectivity index (χ4n) is 2.14. The van der Waals surface area contributed by atoms with Crippen LogP contribution >= 0.6 is 0 Å². The summed E-state index contributed by atoms with van der Waals surface area (Å²) in [6.45, 7) is 6.35. The minimum atomic E-state index is 0.732. The van der Waals surface area contributed by atoms with Crippen molar-refractivity contribution in [1.82, 2.24) is 15.2 Å². The maximum Gasteiger partial charge on any atom is 0.208 e. The van der Waals surface area contributed by atoms with E-state index in [2.05, 4.69) is 34.2 Å². The van der Waals surface area contributed by atoms with Gasteiger partial charge in [-0.15, -0.1) is 0 Å².